The third kappa shape index (κ3) is 5.41. The van der Waals surface area contributed by atoms with Crippen LogP contribution in [0.3, 0.4) is 0 Å². The Morgan fingerprint density at radius 1 is 1.42 bits per heavy atom. The molecule has 2 rings (SSSR count). The fourth-order valence-electron chi connectivity index (χ4n) is 1.88. The molecule has 0 bridgehead atoms. The lowest BCUT2D eigenvalue weighted by atomic mass is 10.2. The van der Waals surface area contributed by atoms with E-state index in [-0.39, 0.29) is 5.91 Å². The summed E-state index contributed by atoms with van der Waals surface area (Å²) in [5.41, 5.74) is 1.90. The quantitative estimate of drug-likeness (QED) is 0.755. The first-order valence-corrected chi connectivity index (χ1v) is 6.95. The van der Waals surface area contributed by atoms with Gasteiger partial charge in [0.1, 0.15) is 0 Å². The van der Waals surface area contributed by atoms with E-state index in [1.165, 1.54) is 12.8 Å². The van der Waals surface area contributed by atoms with Crippen LogP contribution in [0.5, 0.6) is 0 Å². The van der Waals surface area contributed by atoms with Crippen molar-refractivity contribution in [3.05, 3.63) is 29.8 Å². The van der Waals surface area contributed by atoms with Crippen LogP contribution in [0.25, 0.3) is 0 Å². The molecule has 0 spiro atoms. The van der Waals surface area contributed by atoms with Crippen molar-refractivity contribution < 1.29 is 9.53 Å². The van der Waals surface area contributed by atoms with Crippen molar-refractivity contribution in [2.75, 3.05) is 25.0 Å². The van der Waals surface area contributed by atoms with Crippen LogP contribution < -0.4 is 10.6 Å². The van der Waals surface area contributed by atoms with Gasteiger partial charge in [-0.25, -0.2) is 0 Å². The number of nitrogens with one attached hydrogen (secondary N) is 2. The van der Waals surface area contributed by atoms with Crippen molar-refractivity contribution >= 4 is 11.6 Å². The number of hydrogen-bond acceptors (Lipinski definition) is 3. The van der Waals surface area contributed by atoms with Gasteiger partial charge in [-0.2, -0.15) is 0 Å². The van der Waals surface area contributed by atoms with Gasteiger partial charge >= 0.3 is 0 Å². The first-order valence-electron chi connectivity index (χ1n) is 6.95. The first kappa shape index (κ1) is 14.0. The Bertz CT molecular complexity index is 416. The van der Waals surface area contributed by atoms with Crippen LogP contribution in [0.2, 0.25) is 0 Å². The molecule has 0 aliphatic heterocycles. The molecule has 0 saturated heterocycles. The molecule has 0 radical (unpaired) electrons. The van der Waals surface area contributed by atoms with Crippen LogP contribution >= 0.6 is 0 Å². The summed E-state index contributed by atoms with van der Waals surface area (Å²) in [6.07, 6.45) is 2.60. The van der Waals surface area contributed by atoms with Crippen molar-refractivity contribution in [2.45, 2.75) is 26.4 Å². The third-order valence-corrected chi connectivity index (χ3v) is 3.10. The summed E-state index contributed by atoms with van der Waals surface area (Å²) in [6.45, 7) is 4.59. The van der Waals surface area contributed by atoms with Gasteiger partial charge in [-0.1, -0.05) is 12.1 Å². The van der Waals surface area contributed by atoms with E-state index in [2.05, 4.69) is 10.6 Å². The molecule has 104 valence electrons. The second-order valence-electron chi connectivity index (χ2n) is 4.96. The summed E-state index contributed by atoms with van der Waals surface area (Å²) in [6, 6.07) is 7.78. The zero-order chi connectivity index (χ0) is 13.5. The number of hydrogen-bond donors (Lipinski definition) is 2. The molecule has 1 aliphatic carbocycles. The molecule has 19 heavy (non-hydrogen) atoms. The Labute approximate surface area is 114 Å². The minimum Gasteiger partial charge on any atom is -0.377 e. The summed E-state index contributed by atoms with van der Waals surface area (Å²) in [7, 11) is 0. The average Bonchev–Trinajstić information content (AvgIpc) is 3.21. The summed E-state index contributed by atoms with van der Waals surface area (Å²) in [5, 5.41) is 6.08. The van der Waals surface area contributed by atoms with E-state index in [4.69, 9.17) is 4.74 Å². The minimum atomic E-state index is 0.00853. The number of rotatable bonds is 8. The smallest absolute Gasteiger partial charge is 0.238 e. The van der Waals surface area contributed by atoms with Crippen molar-refractivity contribution in [1.82, 2.24) is 5.32 Å². The Morgan fingerprint density at radius 2 is 2.26 bits per heavy atom. The van der Waals surface area contributed by atoms with Gasteiger partial charge in [0, 0.05) is 12.3 Å². The van der Waals surface area contributed by atoms with Gasteiger partial charge in [0.2, 0.25) is 5.91 Å². The maximum Gasteiger partial charge on any atom is 0.238 e. The fraction of sp³-hybridized carbons (Fsp3) is 0.533. The van der Waals surface area contributed by atoms with Crippen molar-refractivity contribution in [3.8, 4) is 0 Å². The van der Waals surface area contributed by atoms with Crippen LogP contribution in [0, 0.1) is 5.92 Å². The van der Waals surface area contributed by atoms with E-state index in [0.29, 0.717) is 19.8 Å². The number of anilines is 1. The largest absolute Gasteiger partial charge is 0.377 e. The number of benzene rings is 1. The number of carbonyl (C=O) groups excluding carboxylic acids is 1. The Hall–Kier alpha value is -1.39. The standard InChI is InChI=1S/C15H22N2O2/c1-2-19-11-13-4-3-5-14(8-13)17-15(18)10-16-9-12-6-7-12/h3-5,8,12,16H,2,6-7,9-11H2,1H3,(H,17,18). The predicted molar refractivity (Wildman–Crippen MR) is 76.0 cm³/mol. The second kappa shape index (κ2) is 7.26. The first-order chi connectivity index (χ1) is 9.28. The number of carbonyl (C=O) groups is 1. The fourth-order valence-corrected chi connectivity index (χ4v) is 1.88. The van der Waals surface area contributed by atoms with E-state index in [9.17, 15) is 4.79 Å². The minimum absolute atomic E-state index is 0.00853. The molecule has 1 amide bonds. The summed E-state index contributed by atoms with van der Waals surface area (Å²) in [4.78, 5) is 11.7. The Kier molecular flexibility index (Phi) is 5.36. The molecule has 0 unspecified atom stereocenters. The highest BCUT2D eigenvalue weighted by Crippen LogP contribution is 2.27. The van der Waals surface area contributed by atoms with Gasteiger partial charge < -0.3 is 15.4 Å². The zero-order valence-electron chi connectivity index (χ0n) is 11.4. The molecule has 4 heteroatoms. The molecule has 0 aromatic heterocycles. The van der Waals surface area contributed by atoms with E-state index in [1.807, 2.05) is 31.2 Å². The molecule has 1 aromatic carbocycles. The summed E-state index contributed by atoms with van der Waals surface area (Å²) >= 11 is 0. The second-order valence-corrected chi connectivity index (χ2v) is 4.96. The molecule has 1 fully saturated rings. The molecule has 0 atom stereocenters. The van der Waals surface area contributed by atoms with E-state index in [1.54, 1.807) is 0 Å². The molecular formula is C15H22N2O2. The van der Waals surface area contributed by atoms with Gasteiger partial charge in [0.15, 0.2) is 0 Å². The molecule has 4 nitrogen and oxygen atoms in total. The lowest BCUT2D eigenvalue weighted by molar-refractivity contribution is -0.115. The monoisotopic (exact) mass is 262 g/mol. The third-order valence-electron chi connectivity index (χ3n) is 3.10. The number of ether oxygens (including phenoxy) is 1. The average molecular weight is 262 g/mol. The highest BCUT2D eigenvalue weighted by atomic mass is 16.5. The lowest BCUT2D eigenvalue weighted by Gasteiger charge is -2.08. The van der Waals surface area contributed by atoms with E-state index < -0.39 is 0 Å². The van der Waals surface area contributed by atoms with Gasteiger partial charge in [0.05, 0.1) is 13.2 Å². The summed E-state index contributed by atoms with van der Waals surface area (Å²) < 4.78 is 5.35. The van der Waals surface area contributed by atoms with Crippen molar-refractivity contribution in [2.24, 2.45) is 5.92 Å². The topological polar surface area (TPSA) is 50.4 Å². The molecular weight excluding hydrogens is 240 g/mol. The maximum absolute atomic E-state index is 11.7. The lowest BCUT2D eigenvalue weighted by Crippen LogP contribution is -2.29. The van der Waals surface area contributed by atoms with Crippen molar-refractivity contribution in [3.63, 3.8) is 0 Å². The zero-order valence-corrected chi connectivity index (χ0v) is 11.4. The highest BCUT2D eigenvalue weighted by molar-refractivity contribution is 5.92. The molecule has 1 aromatic rings. The number of amides is 1. The van der Waals surface area contributed by atoms with E-state index in [0.717, 1.165) is 23.7 Å². The van der Waals surface area contributed by atoms with Crippen molar-refractivity contribution in [1.29, 1.82) is 0 Å². The van der Waals surface area contributed by atoms with E-state index >= 15 is 0 Å². The normalized spacial score (nSPS) is 14.4. The molecule has 1 saturated carbocycles. The Morgan fingerprint density at radius 3 is 3.00 bits per heavy atom. The van der Waals surface area contributed by atoms with Crippen LogP contribution in [-0.2, 0) is 16.1 Å². The summed E-state index contributed by atoms with van der Waals surface area (Å²) in [5.74, 6) is 0.802. The highest BCUT2D eigenvalue weighted by Gasteiger charge is 2.20. The van der Waals surface area contributed by atoms with Crippen LogP contribution in [-0.4, -0.2) is 25.6 Å². The molecule has 2 N–H and O–H groups in total. The molecule has 0 heterocycles. The van der Waals surface area contributed by atoms with Crippen LogP contribution in [0.15, 0.2) is 24.3 Å². The maximum atomic E-state index is 11.7. The van der Waals surface area contributed by atoms with Crippen LogP contribution in [0.1, 0.15) is 25.3 Å². The Balaban J connectivity index is 1.74. The molecule has 1 aliphatic rings. The van der Waals surface area contributed by atoms with Gasteiger partial charge in [-0.05, 0) is 49.9 Å². The van der Waals surface area contributed by atoms with Gasteiger partial charge in [-0.3, -0.25) is 4.79 Å². The van der Waals surface area contributed by atoms with Gasteiger partial charge in [-0.15, -0.1) is 0 Å². The predicted octanol–water partition coefficient (Wildman–Crippen LogP) is 2.16. The van der Waals surface area contributed by atoms with Crippen LogP contribution in [0.4, 0.5) is 5.69 Å². The SMILES string of the molecule is CCOCc1cccc(NC(=O)CNCC2CC2)c1. The van der Waals surface area contributed by atoms with Gasteiger partial charge in [0.25, 0.3) is 0 Å².